The van der Waals surface area contributed by atoms with Crippen LogP contribution in [0.1, 0.15) is 64.9 Å². The maximum atomic E-state index is 13.3. The Bertz CT molecular complexity index is 924. The van der Waals surface area contributed by atoms with Crippen molar-refractivity contribution in [1.29, 1.82) is 0 Å². The number of nitrogens with zero attached hydrogens (tertiary/aromatic N) is 1. The summed E-state index contributed by atoms with van der Waals surface area (Å²) in [7, 11) is 0. The molecule has 38 heavy (non-hydrogen) atoms. The summed E-state index contributed by atoms with van der Waals surface area (Å²) in [6.45, 7) is 14.1. The minimum Gasteiger partial charge on any atom is -0.463 e. The van der Waals surface area contributed by atoms with E-state index < -0.39 is 12.0 Å². The number of likely N-dealkylation sites (tertiary alicyclic amines) is 1. The number of rotatable bonds is 15. The highest BCUT2D eigenvalue weighted by Gasteiger charge is 2.34. The first kappa shape index (κ1) is 31.3. The summed E-state index contributed by atoms with van der Waals surface area (Å²) in [6.07, 6.45) is 7.39. The highest BCUT2D eigenvalue weighted by Crippen LogP contribution is 2.24. The number of amides is 2. The topological polar surface area (TPSA) is 95.9 Å². The van der Waals surface area contributed by atoms with Crippen molar-refractivity contribution >= 4 is 17.8 Å². The van der Waals surface area contributed by atoms with E-state index in [4.69, 9.17) is 4.74 Å². The molecule has 2 amide bonds. The lowest BCUT2D eigenvalue weighted by atomic mass is 9.86. The van der Waals surface area contributed by atoms with Gasteiger partial charge in [-0.25, -0.2) is 0 Å². The zero-order chi connectivity index (χ0) is 28.1. The lowest BCUT2D eigenvalue weighted by Crippen LogP contribution is -2.50. The van der Waals surface area contributed by atoms with Crippen molar-refractivity contribution in [2.24, 2.45) is 17.3 Å². The highest BCUT2D eigenvalue weighted by atomic mass is 16.5. The third kappa shape index (κ3) is 9.75. The Morgan fingerprint density at radius 1 is 1.16 bits per heavy atom. The maximum absolute atomic E-state index is 13.3. The molecule has 0 aliphatic carbocycles. The summed E-state index contributed by atoms with van der Waals surface area (Å²) in [6, 6.07) is 9.23. The fraction of sp³-hybridized carbons (Fsp3) is 0.581. The van der Waals surface area contributed by atoms with Gasteiger partial charge in [0.25, 0.3) is 0 Å². The van der Waals surface area contributed by atoms with Crippen LogP contribution in [0, 0.1) is 17.3 Å². The van der Waals surface area contributed by atoms with Crippen LogP contribution in [0.25, 0.3) is 0 Å². The van der Waals surface area contributed by atoms with Gasteiger partial charge in [-0.3, -0.25) is 14.4 Å². The average molecular weight is 527 g/mol. The number of allylic oxidation sites excluding steroid dienone is 2. The van der Waals surface area contributed by atoms with Gasteiger partial charge in [-0.15, -0.1) is 13.2 Å². The minimum atomic E-state index is -0.584. The molecule has 4 unspecified atom stereocenters. The molecule has 1 aromatic carbocycles. The molecule has 1 aliphatic rings. The van der Waals surface area contributed by atoms with Crippen molar-refractivity contribution in [3.05, 3.63) is 61.2 Å². The molecule has 1 heterocycles. The first-order valence-corrected chi connectivity index (χ1v) is 13.7. The molecule has 210 valence electrons. The van der Waals surface area contributed by atoms with Gasteiger partial charge in [-0.2, -0.15) is 0 Å². The van der Waals surface area contributed by atoms with Crippen molar-refractivity contribution in [1.82, 2.24) is 10.2 Å². The Balaban J connectivity index is 2.05. The van der Waals surface area contributed by atoms with Gasteiger partial charge >= 0.3 is 5.97 Å². The Hall–Kier alpha value is -2.93. The van der Waals surface area contributed by atoms with Crippen molar-refractivity contribution in [3.63, 3.8) is 0 Å². The first-order chi connectivity index (χ1) is 18.1. The van der Waals surface area contributed by atoms with E-state index in [9.17, 15) is 19.5 Å². The van der Waals surface area contributed by atoms with E-state index in [0.717, 1.165) is 18.4 Å². The fourth-order valence-corrected chi connectivity index (χ4v) is 4.77. The monoisotopic (exact) mass is 526 g/mol. The van der Waals surface area contributed by atoms with E-state index in [1.165, 1.54) is 0 Å². The Labute approximate surface area is 228 Å². The number of carbonyl (C=O) groups excluding carboxylic acids is 3. The number of aliphatic hydroxyl groups excluding tert-OH is 1. The van der Waals surface area contributed by atoms with Gasteiger partial charge < -0.3 is 20.1 Å². The van der Waals surface area contributed by atoms with Gasteiger partial charge in [0, 0.05) is 13.0 Å². The molecule has 1 fully saturated rings. The zero-order valence-electron chi connectivity index (χ0n) is 23.4. The molecule has 0 bridgehead atoms. The van der Waals surface area contributed by atoms with Gasteiger partial charge in [0.2, 0.25) is 11.8 Å². The second-order valence-corrected chi connectivity index (χ2v) is 11.3. The van der Waals surface area contributed by atoms with Gasteiger partial charge in [-0.1, -0.05) is 63.3 Å². The Morgan fingerprint density at radius 3 is 2.47 bits per heavy atom. The van der Waals surface area contributed by atoms with Crippen molar-refractivity contribution in [2.75, 3.05) is 19.8 Å². The quantitative estimate of drug-likeness (QED) is 0.260. The van der Waals surface area contributed by atoms with Gasteiger partial charge in [0.05, 0.1) is 30.5 Å². The fourth-order valence-electron chi connectivity index (χ4n) is 4.77. The van der Waals surface area contributed by atoms with Gasteiger partial charge in [-0.05, 0) is 49.5 Å². The van der Waals surface area contributed by atoms with Crippen LogP contribution < -0.4 is 5.32 Å². The third-order valence-corrected chi connectivity index (χ3v) is 7.28. The molecule has 4 atom stereocenters. The van der Waals surface area contributed by atoms with Crippen LogP contribution in [0.5, 0.6) is 0 Å². The molecule has 1 aromatic rings. The van der Waals surface area contributed by atoms with Gasteiger partial charge in [0.1, 0.15) is 6.61 Å². The molecule has 7 nitrogen and oxygen atoms in total. The van der Waals surface area contributed by atoms with Crippen LogP contribution >= 0.6 is 0 Å². The molecule has 7 heteroatoms. The second kappa shape index (κ2) is 15.5. The van der Waals surface area contributed by atoms with E-state index in [-0.39, 0.29) is 54.8 Å². The summed E-state index contributed by atoms with van der Waals surface area (Å²) >= 11 is 0. The molecule has 0 aromatic heterocycles. The molecule has 0 radical (unpaired) electrons. The molecule has 0 saturated carbocycles. The summed E-state index contributed by atoms with van der Waals surface area (Å²) in [5.74, 6) is -1.58. The zero-order valence-corrected chi connectivity index (χ0v) is 23.4. The first-order valence-electron chi connectivity index (χ1n) is 13.7. The number of nitrogens with one attached hydrogen (secondary N) is 1. The maximum Gasteiger partial charge on any atom is 0.309 e. The van der Waals surface area contributed by atoms with Crippen molar-refractivity contribution < 1.29 is 24.2 Å². The minimum absolute atomic E-state index is 0.0426. The third-order valence-electron chi connectivity index (χ3n) is 7.28. The number of carbonyl (C=O) groups is 3. The Kier molecular flexibility index (Phi) is 12.7. The summed E-state index contributed by atoms with van der Waals surface area (Å²) in [5, 5.41) is 12.6. The number of ether oxygens (including phenoxy) is 1. The van der Waals surface area contributed by atoms with E-state index in [2.05, 4.69) is 18.5 Å². The normalized spacial score (nSPS) is 17.8. The highest BCUT2D eigenvalue weighted by molar-refractivity contribution is 5.86. The van der Waals surface area contributed by atoms with Crippen molar-refractivity contribution in [3.8, 4) is 0 Å². The predicted molar refractivity (Wildman–Crippen MR) is 150 cm³/mol. The Morgan fingerprint density at radius 2 is 1.87 bits per heavy atom. The van der Waals surface area contributed by atoms with E-state index in [1.54, 1.807) is 17.1 Å². The largest absolute Gasteiger partial charge is 0.463 e. The van der Waals surface area contributed by atoms with E-state index >= 15 is 0 Å². The van der Waals surface area contributed by atoms with Crippen LogP contribution in [-0.4, -0.2) is 59.6 Å². The van der Waals surface area contributed by atoms with Gasteiger partial charge in [0.15, 0.2) is 0 Å². The van der Waals surface area contributed by atoms with Crippen LogP contribution in [-0.2, 0) is 25.5 Å². The molecule has 0 spiro atoms. The standard InChI is InChI=1S/C31H46N2O5/c1-6-8-16-25(19-23-14-10-9-11-15-23)30(37)38-22-27(31(3,4)5)32-29(36)24(13-7-2)20-28(35)33-18-12-17-26(33)21-34/h6-7,9-11,14-15,24-27,34H,1-2,8,12-13,16-22H2,3-5H3,(H,32,36). The lowest BCUT2D eigenvalue weighted by molar-refractivity contribution is -0.151. The summed E-state index contributed by atoms with van der Waals surface area (Å²) in [5.41, 5.74) is 0.684. The van der Waals surface area contributed by atoms with Crippen LogP contribution in [0.15, 0.2) is 55.6 Å². The number of aliphatic hydroxyl groups is 1. The number of esters is 1. The second-order valence-electron chi connectivity index (χ2n) is 11.3. The molecule has 2 N–H and O–H groups in total. The smallest absolute Gasteiger partial charge is 0.309 e. The number of hydrogen-bond acceptors (Lipinski definition) is 5. The molecule has 2 rings (SSSR count). The molecular formula is C31H46N2O5. The van der Waals surface area contributed by atoms with Crippen LogP contribution in [0.4, 0.5) is 0 Å². The average Bonchev–Trinajstić information content (AvgIpc) is 3.37. The predicted octanol–water partition coefficient (Wildman–Crippen LogP) is 4.45. The number of hydrogen-bond donors (Lipinski definition) is 2. The summed E-state index contributed by atoms with van der Waals surface area (Å²) < 4.78 is 5.78. The van der Waals surface area contributed by atoms with E-state index in [1.807, 2.05) is 51.1 Å². The lowest BCUT2D eigenvalue weighted by Gasteiger charge is -2.33. The SMILES string of the molecule is C=CCCC(Cc1ccccc1)C(=O)OCC(NC(=O)C(CC=C)CC(=O)N1CCCC1CO)C(C)(C)C. The van der Waals surface area contributed by atoms with Crippen molar-refractivity contribution in [2.45, 2.75) is 77.8 Å². The molecule has 1 saturated heterocycles. The van der Waals surface area contributed by atoms with E-state index in [0.29, 0.717) is 32.2 Å². The molecular weight excluding hydrogens is 480 g/mol. The molecule has 1 aliphatic heterocycles. The summed E-state index contributed by atoms with van der Waals surface area (Å²) in [4.78, 5) is 41.0. The van der Waals surface area contributed by atoms with Crippen LogP contribution in [0.2, 0.25) is 0 Å². The number of benzene rings is 1. The van der Waals surface area contributed by atoms with Crippen LogP contribution in [0.3, 0.4) is 0 Å².